The van der Waals surface area contributed by atoms with Gasteiger partial charge in [0.15, 0.2) is 0 Å². The zero-order chi connectivity index (χ0) is 17.3. The number of alkyl halides is 3. The third-order valence-electron chi connectivity index (χ3n) is 4.38. The highest BCUT2D eigenvalue weighted by atomic mass is 19.4. The molecule has 0 N–H and O–H groups in total. The molecular weight excluding hydrogens is 323 g/mol. The molecule has 2 heterocycles. The van der Waals surface area contributed by atoms with E-state index in [1.165, 1.54) is 11.1 Å². The van der Waals surface area contributed by atoms with E-state index < -0.39 is 17.6 Å². The van der Waals surface area contributed by atoms with Crippen LogP contribution >= 0.6 is 0 Å². The van der Waals surface area contributed by atoms with Crippen molar-refractivity contribution in [3.8, 4) is 0 Å². The van der Waals surface area contributed by atoms with Crippen LogP contribution in [0.3, 0.4) is 0 Å². The Hall–Kier alpha value is -2.12. The van der Waals surface area contributed by atoms with Gasteiger partial charge in [0, 0.05) is 44.5 Å². The van der Waals surface area contributed by atoms with Crippen LogP contribution in [0.25, 0.3) is 0 Å². The molecule has 0 radical (unpaired) electrons. The van der Waals surface area contributed by atoms with Gasteiger partial charge < -0.3 is 9.80 Å². The Morgan fingerprint density at radius 2 is 1.75 bits per heavy atom. The molecule has 0 bridgehead atoms. The van der Waals surface area contributed by atoms with Crippen molar-refractivity contribution < 1.29 is 22.8 Å². The number of amides is 2. The second-order valence-corrected chi connectivity index (χ2v) is 6.16. The van der Waals surface area contributed by atoms with Crippen LogP contribution < -0.4 is 0 Å². The van der Waals surface area contributed by atoms with E-state index in [9.17, 15) is 22.8 Å². The molecule has 8 heteroatoms. The molecular formula is C16H18F3N3O2. The molecule has 1 saturated carbocycles. The lowest BCUT2D eigenvalue weighted by atomic mass is 10.1. The van der Waals surface area contributed by atoms with Crippen molar-refractivity contribution in [3.63, 3.8) is 0 Å². The molecule has 5 nitrogen and oxygen atoms in total. The van der Waals surface area contributed by atoms with E-state index in [-0.39, 0.29) is 23.9 Å². The minimum atomic E-state index is -4.63. The molecule has 0 unspecified atom stereocenters. The first-order valence-corrected chi connectivity index (χ1v) is 7.97. The maximum Gasteiger partial charge on any atom is 0.418 e. The number of halogens is 3. The average molecular weight is 341 g/mol. The van der Waals surface area contributed by atoms with E-state index in [0.29, 0.717) is 32.3 Å². The summed E-state index contributed by atoms with van der Waals surface area (Å²) < 4.78 is 39.2. The molecule has 24 heavy (non-hydrogen) atoms. The first-order valence-electron chi connectivity index (χ1n) is 7.97. The van der Waals surface area contributed by atoms with Gasteiger partial charge in [0.25, 0.3) is 5.91 Å². The van der Waals surface area contributed by atoms with Crippen LogP contribution in [0.2, 0.25) is 0 Å². The highest BCUT2D eigenvalue weighted by Gasteiger charge is 2.37. The van der Waals surface area contributed by atoms with Crippen molar-refractivity contribution in [2.45, 2.75) is 25.4 Å². The van der Waals surface area contributed by atoms with Crippen LogP contribution in [-0.2, 0) is 11.0 Å². The molecule has 1 aromatic heterocycles. The summed E-state index contributed by atoms with van der Waals surface area (Å²) in [4.78, 5) is 31.2. The predicted molar refractivity (Wildman–Crippen MR) is 79.1 cm³/mol. The lowest BCUT2D eigenvalue weighted by Crippen LogP contribution is -2.38. The van der Waals surface area contributed by atoms with Gasteiger partial charge in [-0.2, -0.15) is 13.2 Å². The summed E-state index contributed by atoms with van der Waals surface area (Å²) in [6.45, 7) is 1.50. The topological polar surface area (TPSA) is 53.5 Å². The summed E-state index contributed by atoms with van der Waals surface area (Å²) in [7, 11) is 0. The number of nitrogens with zero attached hydrogens (tertiary/aromatic N) is 3. The van der Waals surface area contributed by atoms with Crippen molar-refractivity contribution in [2.75, 3.05) is 26.2 Å². The first kappa shape index (κ1) is 16.7. The summed E-state index contributed by atoms with van der Waals surface area (Å²) in [6, 6.07) is 1.10. The largest absolute Gasteiger partial charge is 0.418 e. The van der Waals surface area contributed by atoms with E-state index in [1.54, 1.807) is 4.90 Å². The summed E-state index contributed by atoms with van der Waals surface area (Å²) in [5, 5.41) is 0. The van der Waals surface area contributed by atoms with Crippen LogP contribution in [0.5, 0.6) is 0 Å². The van der Waals surface area contributed by atoms with Crippen LogP contribution in [-0.4, -0.2) is 52.8 Å². The molecule has 1 saturated heterocycles. The highest BCUT2D eigenvalue weighted by molar-refractivity contribution is 5.95. The van der Waals surface area contributed by atoms with Gasteiger partial charge in [-0.15, -0.1) is 0 Å². The van der Waals surface area contributed by atoms with Crippen molar-refractivity contribution in [3.05, 3.63) is 29.6 Å². The van der Waals surface area contributed by atoms with Gasteiger partial charge in [0.2, 0.25) is 5.91 Å². The smallest absolute Gasteiger partial charge is 0.341 e. The fraction of sp³-hybridized carbons (Fsp3) is 0.562. The van der Waals surface area contributed by atoms with Gasteiger partial charge in [-0.1, -0.05) is 0 Å². The lowest BCUT2D eigenvalue weighted by Gasteiger charge is -2.23. The number of pyridine rings is 1. The highest BCUT2D eigenvalue weighted by Crippen LogP contribution is 2.33. The monoisotopic (exact) mass is 341 g/mol. The van der Waals surface area contributed by atoms with Gasteiger partial charge >= 0.3 is 6.18 Å². The van der Waals surface area contributed by atoms with Gasteiger partial charge in [-0.25, -0.2) is 0 Å². The quantitative estimate of drug-likeness (QED) is 0.829. The Morgan fingerprint density at radius 1 is 1.08 bits per heavy atom. The van der Waals surface area contributed by atoms with E-state index in [0.717, 1.165) is 18.9 Å². The molecule has 2 aliphatic rings. The van der Waals surface area contributed by atoms with Crippen LogP contribution in [0.1, 0.15) is 35.2 Å². The lowest BCUT2D eigenvalue weighted by molar-refractivity contribution is -0.138. The first-order chi connectivity index (χ1) is 11.4. The maximum absolute atomic E-state index is 13.1. The van der Waals surface area contributed by atoms with Gasteiger partial charge in [0.05, 0.1) is 11.1 Å². The predicted octanol–water partition coefficient (Wildman–Crippen LogP) is 2.18. The normalized spacial score (nSPS) is 19.1. The molecule has 2 fully saturated rings. The third-order valence-corrected chi connectivity index (χ3v) is 4.38. The summed E-state index contributed by atoms with van der Waals surface area (Å²) in [6.07, 6.45) is -0.388. The van der Waals surface area contributed by atoms with E-state index in [1.807, 2.05) is 0 Å². The number of hydrogen-bond donors (Lipinski definition) is 0. The van der Waals surface area contributed by atoms with Crippen molar-refractivity contribution >= 4 is 11.8 Å². The van der Waals surface area contributed by atoms with Gasteiger partial charge in [-0.3, -0.25) is 14.6 Å². The maximum atomic E-state index is 13.1. The van der Waals surface area contributed by atoms with E-state index in [4.69, 9.17) is 0 Å². The molecule has 0 aromatic carbocycles. The molecule has 0 spiro atoms. The number of hydrogen-bond acceptors (Lipinski definition) is 3. The second kappa shape index (κ2) is 6.41. The van der Waals surface area contributed by atoms with Gasteiger partial charge in [0.1, 0.15) is 0 Å². The average Bonchev–Trinajstić information content (AvgIpc) is 3.39. The zero-order valence-electron chi connectivity index (χ0n) is 13.1. The number of carbonyl (C=O) groups is 2. The number of carbonyl (C=O) groups excluding carboxylic acids is 2. The Labute approximate surface area is 137 Å². The van der Waals surface area contributed by atoms with Crippen LogP contribution in [0, 0.1) is 5.92 Å². The molecule has 1 aliphatic carbocycles. The van der Waals surface area contributed by atoms with Crippen LogP contribution in [0.4, 0.5) is 13.2 Å². The van der Waals surface area contributed by atoms with E-state index >= 15 is 0 Å². The minimum absolute atomic E-state index is 0.101. The second-order valence-electron chi connectivity index (χ2n) is 6.16. The Kier molecular flexibility index (Phi) is 4.47. The van der Waals surface area contributed by atoms with Crippen molar-refractivity contribution in [2.24, 2.45) is 5.92 Å². The summed E-state index contributed by atoms with van der Waals surface area (Å²) >= 11 is 0. The SMILES string of the molecule is O=C(c1ccncc1C(F)(F)F)N1CCCN(C(=O)C2CC2)CC1. The molecule has 1 aliphatic heterocycles. The summed E-state index contributed by atoms with van der Waals surface area (Å²) in [5.74, 6) is -0.459. The molecule has 3 rings (SSSR count). The van der Waals surface area contributed by atoms with Gasteiger partial charge in [-0.05, 0) is 25.3 Å². The Balaban J connectivity index is 1.73. The fourth-order valence-corrected chi connectivity index (χ4v) is 2.91. The minimum Gasteiger partial charge on any atom is -0.341 e. The molecule has 2 amide bonds. The zero-order valence-corrected chi connectivity index (χ0v) is 13.1. The number of rotatable bonds is 2. The van der Waals surface area contributed by atoms with Crippen molar-refractivity contribution in [1.82, 2.24) is 14.8 Å². The molecule has 1 aromatic rings. The standard InChI is InChI=1S/C16H18F3N3O2/c17-16(18,19)13-10-20-5-4-12(13)15(24)22-7-1-6-21(8-9-22)14(23)11-2-3-11/h4-5,10-11H,1-3,6-9H2. The fourth-order valence-electron chi connectivity index (χ4n) is 2.91. The summed E-state index contributed by atoms with van der Waals surface area (Å²) in [5.41, 5.74) is -1.41. The third kappa shape index (κ3) is 3.52. The van der Waals surface area contributed by atoms with Crippen molar-refractivity contribution in [1.29, 1.82) is 0 Å². The van der Waals surface area contributed by atoms with E-state index in [2.05, 4.69) is 4.98 Å². The Bertz CT molecular complexity index is 644. The molecule has 130 valence electrons. The van der Waals surface area contributed by atoms with Crippen LogP contribution in [0.15, 0.2) is 18.5 Å². The Morgan fingerprint density at radius 3 is 2.42 bits per heavy atom. The number of aromatic nitrogens is 1. The molecule has 0 atom stereocenters.